The van der Waals surface area contributed by atoms with Crippen molar-refractivity contribution in [2.75, 3.05) is 59.5 Å². The highest BCUT2D eigenvalue weighted by molar-refractivity contribution is 7.91. The first kappa shape index (κ1) is 30.4. The number of aliphatic hydroxyl groups is 1. The van der Waals surface area contributed by atoms with Crippen LogP contribution in [-0.4, -0.2) is 91.1 Å². The maximum atomic E-state index is 14.7. The average Bonchev–Trinajstić information content (AvgIpc) is 2.98. The number of benzene rings is 1. The number of sulfone groups is 1. The fraction of sp³-hybridized carbons (Fsp3) is 0.567. The standard InChI is InChI=1S/C30H41FN6O4S/c1-5-42(39,40)18-21-16-37(20(21)4)26-7-6-22(19(2)3)23-14-29(33-15-24(23)26)34-28-8-10-32-30(35-28)36-11-9-27(25(31)17-36)41-13-12-38/h6-8,10,14-15,19-21,25,27,38H,5,9,11-13,16-18H2,1-4H3,(H,32,33,34,35)/t20-,21-,25+,27-/m1/s1. The summed E-state index contributed by atoms with van der Waals surface area (Å²) < 4.78 is 44.5. The SMILES string of the molecule is CCS(=O)(=O)C[C@H]1CN(c2ccc(C(C)C)c3cc(Nc4ccnc(N5CC[C@@H](OCCO)[C@@H](F)C5)n4)ncc23)[C@@H]1C. The van der Waals surface area contributed by atoms with Crippen LogP contribution in [0.3, 0.4) is 0 Å². The van der Waals surface area contributed by atoms with Crippen LogP contribution in [0.1, 0.15) is 45.6 Å². The Morgan fingerprint density at radius 2 is 1.98 bits per heavy atom. The summed E-state index contributed by atoms with van der Waals surface area (Å²) in [4.78, 5) is 17.8. The normalized spacial score (nSPS) is 22.9. The van der Waals surface area contributed by atoms with Crippen LogP contribution in [0.5, 0.6) is 0 Å². The van der Waals surface area contributed by atoms with Crippen LogP contribution < -0.4 is 15.1 Å². The third-order valence-electron chi connectivity index (χ3n) is 8.44. The molecule has 4 heterocycles. The van der Waals surface area contributed by atoms with Crippen molar-refractivity contribution in [3.63, 3.8) is 0 Å². The zero-order chi connectivity index (χ0) is 30.0. The van der Waals surface area contributed by atoms with Crippen molar-refractivity contribution in [3.05, 3.63) is 42.2 Å². The molecule has 0 spiro atoms. The first-order valence-corrected chi connectivity index (χ1v) is 16.5. The first-order valence-electron chi connectivity index (χ1n) is 14.7. The van der Waals surface area contributed by atoms with Gasteiger partial charge in [0.1, 0.15) is 27.6 Å². The smallest absolute Gasteiger partial charge is 0.227 e. The third-order valence-corrected chi connectivity index (χ3v) is 10.3. The van der Waals surface area contributed by atoms with Gasteiger partial charge in [0.2, 0.25) is 5.95 Å². The largest absolute Gasteiger partial charge is 0.394 e. The van der Waals surface area contributed by atoms with Crippen LogP contribution in [0, 0.1) is 5.92 Å². The van der Waals surface area contributed by atoms with E-state index in [1.54, 1.807) is 24.1 Å². The number of nitrogens with one attached hydrogen (secondary N) is 1. The van der Waals surface area contributed by atoms with E-state index in [2.05, 4.69) is 53.1 Å². The van der Waals surface area contributed by atoms with Crippen molar-refractivity contribution in [1.29, 1.82) is 0 Å². The number of anilines is 4. The number of fused-ring (bicyclic) bond motifs is 1. The van der Waals surface area contributed by atoms with Crippen molar-refractivity contribution in [3.8, 4) is 0 Å². The van der Waals surface area contributed by atoms with Gasteiger partial charge in [-0.25, -0.2) is 22.8 Å². The summed E-state index contributed by atoms with van der Waals surface area (Å²) in [5, 5.41) is 14.4. The Labute approximate surface area is 247 Å². The van der Waals surface area contributed by atoms with E-state index in [-0.39, 0.29) is 49.1 Å². The number of pyridine rings is 1. The lowest BCUT2D eigenvalue weighted by Crippen LogP contribution is -2.57. The molecule has 2 saturated heterocycles. The zero-order valence-corrected chi connectivity index (χ0v) is 25.5. The van der Waals surface area contributed by atoms with Crippen molar-refractivity contribution in [2.24, 2.45) is 5.92 Å². The van der Waals surface area contributed by atoms with Gasteiger partial charge >= 0.3 is 0 Å². The number of rotatable bonds is 11. The van der Waals surface area contributed by atoms with Crippen LogP contribution in [0.4, 0.5) is 27.7 Å². The third kappa shape index (κ3) is 6.45. The van der Waals surface area contributed by atoms with E-state index in [4.69, 9.17) is 14.8 Å². The van der Waals surface area contributed by atoms with E-state index in [1.165, 1.54) is 5.56 Å². The van der Waals surface area contributed by atoms with Gasteiger partial charge in [-0.15, -0.1) is 0 Å². The van der Waals surface area contributed by atoms with E-state index in [9.17, 15) is 12.8 Å². The summed E-state index contributed by atoms with van der Waals surface area (Å²) in [5.41, 5.74) is 2.25. The lowest BCUT2D eigenvalue weighted by Gasteiger charge is -2.48. The minimum Gasteiger partial charge on any atom is -0.394 e. The fourth-order valence-electron chi connectivity index (χ4n) is 5.87. The summed E-state index contributed by atoms with van der Waals surface area (Å²) >= 11 is 0. The molecule has 12 heteroatoms. The Balaban J connectivity index is 1.35. The van der Waals surface area contributed by atoms with Crippen LogP contribution in [0.2, 0.25) is 0 Å². The molecular weight excluding hydrogens is 559 g/mol. The van der Waals surface area contributed by atoms with E-state index >= 15 is 0 Å². The van der Waals surface area contributed by atoms with Gasteiger partial charge in [0.15, 0.2) is 0 Å². The molecule has 2 aromatic heterocycles. The molecule has 0 saturated carbocycles. The van der Waals surface area contributed by atoms with Crippen LogP contribution in [-0.2, 0) is 14.6 Å². The molecule has 2 aliphatic heterocycles. The summed E-state index contributed by atoms with van der Waals surface area (Å²) in [6.07, 6.45) is 2.27. The zero-order valence-electron chi connectivity index (χ0n) is 24.7. The summed E-state index contributed by atoms with van der Waals surface area (Å²) in [6, 6.07) is 8.18. The first-order chi connectivity index (χ1) is 20.1. The topological polar surface area (TPSA) is 121 Å². The molecule has 0 aliphatic carbocycles. The molecule has 228 valence electrons. The van der Waals surface area contributed by atoms with Crippen LogP contribution in [0.15, 0.2) is 36.7 Å². The predicted octanol–water partition coefficient (Wildman–Crippen LogP) is 4.08. The molecule has 4 atom stereocenters. The molecule has 0 bridgehead atoms. The van der Waals surface area contributed by atoms with E-state index in [0.29, 0.717) is 37.1 Å². The van der Waals surface area contributed by atoms with Crippen molar-refractivity contribution < 1.29 is 22.7 Å². The fourth-order valence-corrected chi connectivity index (χ4v) is 7.14. The number of hydrogen-bond acceptors (Lipinski definition) is 10. The van der Waals surface area contributed by atoms with Gasteiger partial charge in [-0.2, -0.15) is 4.98 Å². The van der Waals surface area contributed by atoms with E-state index in [0.717, 1.165) is 16.5 Å². The van der Waals surface area contributed by atoms with Crippen molar-refractivity contribution in [2.45, 2.75) is 58.4 Å². The molecular formula is C30H41FN6O4S. The molecule has 0 unspecified atom stereocenters. The molecule has 42 heavy (non-hydrogen) atoms. The van der Waals surface area contributed by atoms with E-state index in [1.807, 2.05) is 12.3 Å². The van der Waals surface area contributed by atoms with E-state index < -0.39 is 22.1 Å². The Morgan fingerprint density at radius 3 is 2.67 bits per heavy atom. The number of halogens is 1. The monoisotopic (exact) mass is 600 g/mol. The number of aromatic nitrogens is 3. The van der Waals surface area contributed by atoms with Crippen LogP contribution in [0.25, 0.3) is 10.8 Å². The molecule has 2 aliphatic rings. The van der Waals surface area contributed by atoms with Gasteiger partial charge < -0.3 is 25.0 Å². The Bertz CT molecular complexity index is 1510. The second kappa shape index (κ2) is 12.6. The summed E-state index contributed by atoms with van der Waals surface area (Å²) in [5.74, 6) is 2.41. The minimum absolute atomic E-state index is 0.113. The highest BCUT2D eigenvalue weighted by Gasteiger charge is 2.39. The molecule has 3 aromatic rings. The van der Waals surface area contributed by atoms with Crippen LogP contribution >= 0.6 is 0 Å². The van der Waals surface area contributed by atoms with Gasteiger partial charge in [0, 0.05) is 54.3 Å². The number of alkyl halides is 1. The number of nitrogens with zero attached hydrogens (tertiary/aromatic N) is 5. The van der Waals surface area contributed by atoms with Gasteiger partial charge in [0.25, 0.3) is 0 Å². The van der Waals surface area contributed by atoms with Crippen molar-refractivity contribution in [1.82, 2.24) is 15.0 Å². The Hall–Kier alpha value is -3.09. The van der Waals surface area contributed by atoms with Gasteiger partial charge in [-0.05, 0) is 48.4 Å². The van der Waals surface area contributed by atoms with Gasteiger partial charge in [-0.3, -0.25) is 0 Å². The predicted molar refractivity (Wildman–Crippen MR) is 164 cm³/mol. The lowest BCUT2D eigenvalue weighted by molar-refractivity contribution is -0.0262. The molecule has 2 fully saturated rings. The quantitative estimate of drug-likeness (QED) is 0.333. The summed E-state index contributed by atoms with van der Waals surface area (Å²) in [7, 11) is -3.03. The minimum atomic E-state index is -3.03. The highest BCUT2D eigenvalue weighted by atomic mass is 32.2. The molecule has 10 nitrogen and oxygen atoms in total. The average molecular weight is 601 g/mol. The lowest BCUT2D eigenvalue weighted by atomic mass is 9.88. The molecule has 0 amide bonds. The second-order valence-corrected chi connectivity index (χ2v) is 13.9. The number of aliphatic hydroxyl groups excluding tert-OH is 1. The number of piperidine rings is 1. The maximum absolute atomic E-state index is 14.7. The maximum Gasteiger partial charge on any atom is 0.227 e. The molecule has 2 N–H and O–H groups in total. The molecule has 0 radical (unpaired) electrons. The second-order valence-electron chi connectivity index (χ2n) is 11.5. The Kier molecular flexibility index (Phi) is 9.14. The Morgan fingerprint density at radius 1 is 1.17 bits per heavy atom. The number of ether oxygens (including phenoxy) is 1. The summed E-state index contributed by atoms with van der Waals surface area (Å²) in [6.45, 7) is 9.48. The highest BCUT2D eigenvalue weighted by Crippen LogP contribution is 2.39. The van der Waals surface area contributed by atoms with Gasteiger partial charge in [0.05, 0.1) is 31.6 Å². The number of hydrogen-bond donors (Lipinski definition) is 2. The van der Waals surface area contributed by atoms with Gasteiger partial charge in [-0.1, -0.05) is 26.8 Å². The molecule has 5 rings (SSSR count). The van der Waals surface area contributed by atoms with Crippen molar-refractivity contribution >= 4 is 43.9 Å². The molecule has 1 aromatic carbocycles.